The number of rotatable bonds is 3. The van der Waals surface area contributed by atoms with Crippen LogP contribution < -0.4 is 4.90 Å². The van der Waals surface area contributed by atoms with Gasteiger partial charge in [-0.05, 0) is 58.0 Å². The Bertz CT molecular complexity index is 2050. The first-order valence-electron chi connectivity index (χ1n) is 13.5. The summed E-state index contributed by atoms with van der Waals surface area (Å²) in [6.45, 7) is 4.67. The fourth-order valence-electron chi connectivity index (χ4n) is 6.59. The number of anilines is 3. The molecule has 1 aliphatic rings. The fourth-order valence-corrected chi connectivity index (χ4v) is 6.59. The van der Waals surface area contributed by atoms with E-state index in [4.69, 9.17) is 4.42 Å². The summed E-state index contributed by atoms with van der Waals surface area (Å²) in [7, 11) is 0. The number of hydrogen-bond donors (Lipinski definition) is 0. The summed E-state index contributed by atoms with van der Waals surface area (Å²) in [5.74, 6) is 0. The highest BCUT2D eigenvalue weighted by molar-refractivity contribution is 6.22. The van der Waals surface area contributed by atoms with E-state index >= 15 is 0 Å². The van der Waals surface area contributed by atoms with Crippen LogP contribution in [-0.2, 0) is 5.41 Å². The van der Waals surface area contributed by atoms with Crippen molar-refractivity contribution in [2.75, 3.05) is 4.90 Å². The second-order valence-electron chi connectivity index (χ2n) is 11.0. The maximum Gasteiger partial charge on any atom is 0.138 e. The van der Waals surface area contributed by atoms with Gasteiger partial charge in [-0.3, -0.25) is 0 Å². The summed E-state index contributed by atoms with van der Waals surface area (Å²) >= 11 is 0. The van der Waals surface area contributed by atoms with Crippen LogP contribution in [0.15, 0.2) is 132 Å². The number of fused-ring (bicyclic) bond motifs is 8. The molecule has 0 saturated carbocycles. The van der Waals surface area contributed by atoms with Gasteiger partial charge in [0, 0.05) is 39.0 Å². The molecule has 2 heteroatoms. The van der Waals surface area contributed by atoms with Crippen LogP contribution in [0.3, 0.4) is 0 Å². The third-order valence-corrected chi connectivity index (χ3v) is 8.44. The zero-order chi connectivity index (χ0) is 26.1. The summed E-state index contributed by atoms with van der Waals surface area (Å²) < 4.78 is 6.45. The van der Waals surface area contributed by atoms with Crippen LogP contribution in [0.1, 0.15) is 25.0 Å². The van der Waals surface area contributed by atoms with Crippen molar-refractivity contribution in [3.05, 3.63) is 139 Å². The van der Waals surface area contributed by atoms with Crippen LogP contribution in [0.2, 0.25) is 0 Å². The van der Waals surface area contributed by atoms with E-state index in [1.165, 1.54) is 38.4 Å². The van der Waals surface area contributed by atoms with Gasteiger partial charge in [0.15, 0.2) is 0 Å². The molecule has 0 fully saturated rings. The second kappa shape index (κ2) is 8.09. The third-order valence-electron chi connectivity index (χ3n) is 8.44. The molecule has 0 bridgehead atoms. The highest BCUT2D eigenvalue weighted by Gasteiger charge is 2.35. The number of hydrogen-bond acceptors (Lipinski definition) is 2. The first kappa shape index (κ1) is 22.2. The van der Waals surface area contributed by atoms with Crippen LogP contribution >= 0.6 is 0 Å². The molecule has 0 saturated heterocycles. The predicted molar refractivity (Wildman–Crippen MR) is 163 cm³/mol. The molecule has 186 valence electrons. The van der Waals surface area contributed by atoms with Crippen LogP contribution in [0.4, 0.5) is 17.1 Å². The third kappa shape index (κ3) is 3.15. The van der Waals surface area contributed by atoms with Crippen molar-refractivity contribution in [2.24, 2.45) is 0 Å². The largest absolute Gasteiger partial charge is 0.456 e. The molecule has 0 N–H and O–H groups in total. The molecule has 0 unspecified atom stereocenters. The summed E-state index contributed by atoms with van der Waals surface area (Å²) in [6, 6.07) is 45.7. The first-order chi connectivity index (χ1) is 19.1. The lowest BCUT2D eigenvalue weighted by Gasteiger charge is -2.29. The van der Waals surface area contributed by atoms with Gasteiger partial charge in [-0.2, -0.15) is 0 Å². The van der Waals surface area contributed by atoms with Gasteiger partial charge in [0.05, 0.1) is 5.69 Å². The van der Waals surface area contributed by atoms with Crippen molar-refractivity contribution in [1.82, 2.24) is 0 Å². The smallest absolute Gasteiger partial charge is 0.138 e. The minimum absolute atomic E-state index is 0.0744. The van der Waals surface area contributed by atoms with E-state index in [-0.39, 0.29) is 5.41 Å². The maximum absolute atomic E-state index is 6.45. The quantitative estimate of drug-likeness (QED) is 0.239. The van der Waals surface area contributed by atoms with Crippen molar-refractivity contribution in [3.63, 3.8) is 0 Å². The Morgan fingerprint density at radius 3 is 2.03 bits per heavy atom. The second-order valence-corrected chi connectivity index (χ2v) is 11.0. The Morgan fingerprint density at radius 1 is 0.513 bits per heavy atom. The van der Waals surface area contributed by atoms with Crippen LogP contribution in [0.5, 0.6) is 0 Å². The summed E-state index contributed by atoms with van der Waals surface area (Å²) in [5, 5.41) is 4.72. The number of para-hydroxylation sites is 2. The minimum Gasteiger partial charge on any atom is -0.456 e. The summed E-state index contributed by atoms with van der Waals surface area (Å²) in [4.78, 5) is 2.38. The molecule has 0 amide bonds. The average Bonchev–Trinajstić information content (AvgIpc) is 3.46. The van der Waals surface area contributed by atoms with Gasteiger partial charge in [0.1, 0.15) is 11.2 Å². The van der Waals surface area contributed by atoms with E-state index < -0.39 is 0 Å². The van der Waals surface area contributed by atoms with E-state index in [9.17, 15) is 0 Å². The Balaban J connectivity index is 1.43. The van der Waals surface area contributed by atoms with Gasteiger partial charge in [0.25, 0.3) is 0 Å². The Kier molecular flexibility index (Phi) is 4.60. The molecule has 1 heterocycles. The first-order valence-corrected chi connectivity index (χ1v) is 13.5. The molecule has 1 aliphatic carbocycles. The van der Waals surface area contributed by atoms with Gasteiger partial charge in [-0.25, -0.2) is 0 Å². The molecular weight excluding hydrogens is 474 g/mol. The molecule has 39 heavy (non-hydrogen) atoms. The van der Waals surface area contributed by atoms with Crippen molar-refractivity contribution in [3.8, 4) is 11.1 Å². The van der Waals surface area contributed by atoms with Crippen molar-refractivity contribution < 1.29 is 4.42 Å². The molecule has 7 aromatic rings. The van der Waals surface area contributed by atoms with E-state index in [1.54, 1.807) is 0 Å². The van der Waals surface area contributed by atoms with E-state index in [0.29, 0.717) is 0 Å². The molecule has 0 radical (unpaired) electrons. The van der Waals surface area contributed by atoms with Gasteiger partial charge in [-0.15, -0.1) is 0 Å². The molecule has 0 aliphatic heterocycles. The van der Waals surface area contributed by atoms with Crippen LogP contribution in [-0.4, -0.2) is 0 Å². The topological polar surface area (TPSA) is 16.4 Å². The Morgan fingerprint density at radius 2 is 1.18 bits per heavy atom. The highest BCUT2D eigenvalue weighted by atomic mass is 16.3. The minimum atomic E-state index is -0.0744. The number of benzene rings is 6. The molecular formula is C37H27NO. The van der Waals surface area contributed by atoms with Crippen LogP contribution in [0, 0.1) is 0 Å². The molecule has 8 rings (SSSR count). The van der Waals surface area contributed by atoms with Crippen LogP contribution in [0.25, 0.3) is 43.8 Å². The Hall–Kier alpha value is -4.82. The van der Waals surface area contributed by atoms with E-state index in [0.717, 1.165) is 33.6 Å². The SMILES string of the molecule is CC1(C)c2ccccc2-c2ccc(N(c3ccccc3)c3cc4oc5ccccc5c4c4ccccc34)cc21. The predicted octanol–water partition coefficient (Wildman–Crippen LogP) is 10.5. The lowest BCUT2D eigenvalue weighted by Crippen LogP contribution is -2.16. The molecule has 6 aromatic carbocycles. The van der Waals surface area contributed by atoms with Crippen molar-refractivity contribution >= 4 is 49.8 Å². The van der Waals surface area contributed by atoms with Crippen molar-refractivity contribution in [2.45, 2.75) is 19.3 Å². The van der Waals surface area contributed by atoms with Crippen molar-refractivity contribution in [1.29, 1.82) is 0 Å². The number of nitrogens with zero attached hydrogens (tertiary/aromatic N) is 1. The lowest BCUT2D eigenvalue weighted by molar-refractivity contribution is 0.660. The van der Waals surface area contributed by atoms with E-state index in [1.807, 2.05) is 6.07 Å². The maximum atomic E-state index is 6.45. The average molecular weight is 502 g/mol. The highest BCUT2D eigenvalue weighted by Crippen LogP contribution is 2.51. The molecule has 0 atom stereocenters. The normalized spacial score (nSPS) is 13.6. The standard InChI is InChI=1S/C37H27NO/c1-37(2)31-18-10-8-14-26(31)27-21-20-25(22-32(27)37)38(24-12-4-3-5-13-24)33-23-35-36(29-16-7-6-15-28(29)33)30-17-9-11-19-34(30)39-35/h3-23H,1-2H3. The zero-order valence-electron chi connectivity index (χ0n) is 22.0. The zero-order valence-corrected chi connectivity index (χ0v) is 22.0. The summed E-state index contributed by atoms with van der Waals surface area (Å²) in [6.07, 6.45) is 0. The summed E-state index contributed by atoms with van der Waals surface area (Å²) in [5.41, 5.74) is 10.5. The monoisotopic (exact) mass is 501 g/mol. The molecule has 1 aromatic heterocycles. The molecule has 0 spiro atoms. The van der Waals surface area contributed by atoms with Gasteiger partial charge >= 0.3 is 0 Å². The van der Waals surface area contributed by atoms with Gasteiger partial charge < -0.3 is 9.32 Å². The number of furan rings is 1. The lowest BCUT2D eigenvalue weighted by atomic mass is 9.82. The fraction of sp³-hybridized carbons (Fsp3) is 0.0811. The van der Waals surface area contributed by atoms with E-state index in [2.05, 4.69) is 140 Å². The molecule has 2 nitrogen and oxygen atoms in total. The van der Waals surface area contributed by atoms with Gasteiger partial charge in [-0.1, -0.05) is 105 Å². The van der Waals surface area contributed by atoms with Gasteiger partial charge in [0.2, 0.25) is 0 Å². The Labute approximate surface area is 227 Å².